The van der Waals surface area contributed by atoms with Crippen molar-refractivity contribution in [3.8, 4) is 11.4 Å². The molecule has 0 unspecified atom stereocenters. The highest BCUT2D eigenvalue weighted by atomic mass is 32.2. The first-order chi connectivity index (χ1) is 10.4. The van der Waals surface area contributed by atoms with Crippen LogP contribution in [0.15, 0.2) is 35.5 Å². The summed E-state index contributed by atoms with van der Waals surface area (Å²) in [4.78, 5) is 11.9. The Morgan fingerprint density at radius 2 is 1.91 bits per heavy atom. The van der Waals surface area contributed by atoms with E-state index in [0.717, 1.165) is 17.2 Å². The summed E-state index contributed by atoms with van der Waals surface area (Å²) >= 11 is 1.46. The minimum absolute atomic E-state index is 0.315. The van der Waals surface area contributed by atoms with E-state index in [1.807, 2.05) is 6.26 Å². The first kappa shape index (κ1) is 15.0. The Labute approximate surface area is 129 Å². The van der Waals surface area contributed by atoms with Gasteiger partial charge in [0.1, 0.15) is 7.85 Å². The van der Waals surface area contributed by atoms with Gasteiger partial charge in [0.15, 0.2) is 0 Å². The molecule has 0 aliphatic carbocycles. The van der Waals surface area contributed by atoms with E-state index in [1.54, 1.807) is 12.1 Å². The first-order valence-corrected chi connectivity index (χ1v) is 7.47. The van der Waals surface area contributed by atoms with Crippen LogP contribution in [0.3, 0.4) is 0 Å². The number of hydrogen-bond donors (Lipinski definition) is 1. The molecule has 0 bridgehead atoms. The first-order valence-electron chi connectivity index (χ1n) is 6.24. The third-order valence-corrected chi connectivity index (χ3v) is 3.90. The van der Waals surface area contributed by atoms with Gasteiger partial charge in [0.05, 0.1) is 28.0 Å². The molecule has 3 heterocycles. The van der Waals surface area contributed by atoms with Crippen LogP contribution in [0.5, 0.6) is 0 Å². The normalized spacial score (nSPS) is 12.0. The number of H-pyrrole nitrogens is 1. The van der Waals surface area contributed by atoms with Crippen LogP contribution in [0.25, 0.3) is 22.4 Å². The number of nitrogens with one attached hydrogen (secondary N) is 1. The molecule has 0 aromatic carbocycles. The molecule has 0 spiro atoms. The molecule has 0 amide bonds. The van der Waals surface area contributed by atoms with Gasteiger partial charge in [-0.25, -0.2) is 0 Å². The number of rotatable bonds is 2. The highest BCUT2D eigenvalue weighted by Gasteiger charge is 2.31. The smallest absolute Gasteiger partial charge is 0.352 e. The molecule has 110 valence electrons. The molecule has 0 atom stereocenters. The van der Waals surface area contributed by atoms with Crippen molar-refractivity contribution < 1.29 is 13.2 Å². The zero-order valence-corrected chi connectivity index (χ0v) is 12.2. The maximum atomic E-state index is 12.7. The minimum atomic E-state index is -4.42. The molecule has 2 radical (unpaired) electrons. The fourth-order valence-corrected chi connectivity index (χ4v) is 2.72. The second-order valence-electron chi connectivity index (χ2n) is 4.66. The van der Waals surface area contributed by atoms with Crippen molar-refractivity contribution >= 4 is 36.1 Å². The van der Waals surface area contributed by atoms with Crippen LogP contribution >= 0.6 is 11.8 Å². The van der Waals surface area contributed by atoms with Gasteiger partial charge in [-0.1, -0.05) is 11.5 Å². The molecule has 3 aromatic rings. The van der Waals surface area contributed by atoms with E-state index in [1.165, 1.54) is 18.0 Å². The van der Waals surface area contributed by atoms with E-state index in [0.29, 0.717) is 27.9 Å². The average molecular weight is 319 g/mol. The molecule has 8 heteroatoms. The lowest BCUT2D eigenvalue weighted by Crippen LogP contribution is -2.05. The number of nitrogens with zero attached hydrogens (tertiary/aromatic N) is 2. The van der Waals surface area contributed by atoms with Gasteiger partial charge in [-0.05, 0) is 18.4 Å². The zero-order valence-electron chi connectivity index (χ0n) is 11.4. The van der Waals surface area contributed by atoms with Crippen molar-refractivity contribution in [3.63, 3.8) is 0 Å². The summed E-state index contributed by atoms with van der Waals surface area (Å²) < 4.78 is 38.2. The van der Waals surface area contributed by atoms with Crippen molar-refractivity contribution in [2.45, 2.75) is 11.1 Å². The Morgan fingerprint density at radius 3 is 2.59 bits per heavy atom. The summed E-state index contributed by atoms with van der Waals surface area (Å²) in [6.07, 6.45) is -0.208. The van der Waals surface area contributed by atoms with Gasteiger partial charge in [0, 0.05) is 17.3 Å². The number of aromatic amines is 1. The van der Waals surface area contributed by atoms with Crippen LogP contribution in [0.4, 0.5) is 13.2 Å². The molecule has 1 N–H and O–H groups in total. The number of halogens is 3. The Bertz CT molecular complexity index is 845. The molecule has 22 heavy (non-hydrogen) atoms. The second-order valence-corrected chi connectivity index (χ2v) is 5.51. The molecule has 0 saturated carbocycles. The van der Waals surface area contributed by atoms with Crippen LogP contribution in [0.2, 0.25) is 0 Å². The number of aromatic nitrogens is 3. The SMILES string of the molecule is [B]c1cnc(-c2cc3ncc(C(F)(F)F)cc3[nH]2)c(SC)c1. The van der Waals surface area contributed by atoms with Gasteiger partial charge in [0.25, 0.3) is 0 Å². The van der Waals surface area contributed by atoms with Gasteiger partial charge in [0.2, 0.25) is 0 Å². The van der Waals surface area contributed by atoms with E-state index in [-0.39, 0.29) is 0 Å². The van der Waals surface area contributed by atoms with Crippen molar-refractivity contribution in [1.29, 1.82) is 0 Å². The average Bonchev–Trinajstić information content (AvgIpc) is 2.88. The van der Waals surface area contributed by atoms with Crippen LogP contribution in [-0.4, -0.2) is 29.1 Å². The summed E-state index contributed by atoms with van der Waals surface area (Å²) in [6.45, 7) is 0. The lowest BCUT2D eigenvalue weighted by Gasteiger charge is -2.05. The van der Waals surface area contributed by atoms with Crippen molar-refractivity contribution in [1.82, 2.24) is 15.0 Å². The number of fused-ring (bicyclic) bond motifs is 1. The predicted octanol–water partition coefficient (Wildman–Crippen LogP) is 3.16. The lowest BCUT2D eigenvalue weighted by atomic mass is 9.98. The standard InChI is InChI=1S/C14H9BF3N3S/c1-22-12-3-8(15)6-20-13(12)11-4-9-10(21-11)2-7(5-19-9)14(16,17)18/h2-6,21H,1H3. The van der Waals surface area contributed by atoms with Crippen LogP contribution in [0, 0.1) is 0 Å². The quantitative estimate of drug-likeness (QED) is 0.583. The molecule has 0 saturated heterocycles. The Hall–Kier alpha value is -1.96. The number of thioether (sulfide) groups is 1. The molecule has 0 fully saturated rings. The third-order valence-electron chi connectivity index (χ3n) is 3.15. The second kappa shape index (κ2) is 5.35. The lowest BCUT2D eigenvalue weighted by molar-refractivity contribution is -0.137. The number of pyridine rings is 2. The molecule has 3 rings (SSSR count). The predicted molar refractivity (Wildman–Crippen MR) is 81.5 cm³/mol. The Kier molecular flexibility index (Phi) is 3.64. The maximum absolute atomic E-state index is 12.7. The fraction of sp³-hybridized carbons (Fsp3) is 0.143. The summed E-state index contributed by atoms with van der Waals surface area (Å²) in [7, 11) is 5.70. The topological polar surface area (TPSA) is 41.6 Å². The molecule has 0 aliphatic heterocycles. The van der Waals surface area contributed by atoms with Crippen molar-refractivity contribution in [2.24, 2.45) is 0 Å². The monoisotopic (exact) mass is 319 g/mol. The van der Waals surface area contributed by atoms with E-state index >= 15 is 0 Å². The fourth-order valence-electron chi connectivity index (χ4n) is 2.11. The Morgan fingerprint density at radius 1 is 1.14 bits per heavy atom. The molecule has 0 aliphatic rings. The largest absolute Gasteiger partial charge is 0.417 e. The van der Waals surface area contributed by atoms with Crippen LogP contribution < -0.4 is 5.46 Å². The third kappa shape index (κ3) is 2.70. The maximum Gasteiger partial charge on any atom is 0.417 e. The van der Waals surface area contributed by atoms with E-state index in [4.69, 9.17) is 7.85 Å². The highest BCUT2D eigenvalue weighted by Crippen LogP contribution is 2.32. The summed E-state index contributed by atoms with van der Waals surface area (Å²) in [6, 6.07) is 4.49. The highest BCUT2D eigenvalue weighted by molar-refractivity contribution is 7.98. The number of alkyl halides is 3. The van der Waals surface area contributed by atoms with E-state index < -0.39 is 11.7 Å². The molecule has 3 aromatic heterocycles. The van der Waals surface area contributed by atoms with Gasteiger partial charge >= 0.3 is 6.18 Å². The van der Waals surface area contributed by atoms with Gasteiger partial charge < -0.3 is 4.98 Å². The van der Waals surface area contributed by atoms with E-state index in [2.05, 4.69) is 15.0 Å². The van der Waals surface area contributed by atoms with Gasteiger partial charge in [-0.2, -0.15) is 13.2 Å². The van der Waals surface area contributed by atoms with Crippen molar-refractivity contribution in [2.75, 3.05) is 6.26 Å². The van der Waals surface area contributed by atoms with E-state index in [9.17, 15) is 13.2 Å². The molecular weight excluding hydrogens is 310 g/mol. The van der Waals surface area contributed by atoms with Crippen LogP contribution in [-0.2, 0) is 6.18 Å². The van der Waals surface area contributed by atoms with Crippen LogP contribution in [0.1, 0.15) is 5.56 Å². The Balaban J connectivity index is 2.13. The van der Waals surface area contributed by atoms with Gasteiger partial charge in [-0.15, -0.1) is 11.8 Å². The number of hydrogen-bond acceptors (Lipinski definition) is 3. The van der Waals surface area contributed by atoms with Gasteiger partial charge in [-0.3, -0.25) is 9.97 Å². The summed E-state index contributed by atoms with van der Waals surface area (Å²) in [5, 5.41) is 0. The molecule has 3 nitrogen and oxygen atoms in total. The molecular formula is C14H9BF3N3S. The summed E-state index contributed by atoms with van der Waals surface area (Å²) in [5.41, 5.74) is 1.74. The summed E-state index contributed by atoms with van der Waals surface area (Å²) in [5.74, 6) is 0. The zero-order chi connectivity index (χ0) is 15.9. The van der Waals surface area contributed by atoms with Crippen molar-refractivity contribution in [3.05, 3.63) is 36.2 Å². The minimum Gasteiger partial charge on any atom is -0.352 e.